The lowest BCUT2D eigenvalue weighted by Gasteiger charge is -2.42. The maximum Gasteiger partial charge on any atom is 0.233 e. The number of rotatable bonds is 5. The first-order valence-electron chi connectivity index (χ1n) is 11.8. The molecule has 5 rings (SSSR count). The molecule has 1 N–H and O–H groups in total. The molecule has 7 heteroatoms. The lowest BCUT2D eigenvalue weighted by molar-refractivity contribution is -0.139. The van der Waals surface area contributed by atoms with Gasteiger partial charge in [-0.2, -0.15) is 0 Å². The summed E-state index contributed by atoms with van der Waals surface area (Å²) < 4.78 is 5.81. The van der Waals surface area contributed by atoms with Gasteiger partial charge in [0, 0.05) is 34.7 Å². The van der Waals surface area contributed by atoms with Gasteiger partial charge in [-0.25, -0.2) is 0 Å². The van der Waals surface area contributed by atoms with Crippen molar-refractivity contribution in [1.29, 1.82) is 0 Å². The van der Waals surface area contributed by atoms with E-state index in [1.807, 2.05) is 24.3 Å². The van der Waals surface area contributed by atoms with Gasteiger partial charge in [0.1, 0.15) is 12.4 Å². The van der Waals surface area contributed by atoms with Crippen LogP contribution < -0.4 is 4.74 Å². The number of hydrogen-bond acceptors (Lipinski definition) is 6. The van der Waals surface area contributed by atoms with Crippen LogP contribution in [0, 0.1) is 17.8 Å². The van der Waals surface area contributed by atoms with Gasteiger partial charge in [-0.05, 0) is 44.7 Å². The Bertz CT molecular complexity index is 1210. The van der Waals surface area contributed by atoms with E-state index in [0.717, 1.165) is 11.1 Å². The molecule has 1 saturated heterocycles. The molecule has 0 aromatic heterocycles. The summed E-state index contributed by atoms with van der Waals surface area (Å²) in [6.45, 7) is 3.68. The van der Waals surface area contributed by atoms with Gasteiger partial charge in [0.05, 0.1) is 18.4 Å². The number of ether oxygens (including phenoxy) is 1. The second kappa shape index (κ2) is 8.47. The number of imide groups is 1. The Labute approximate surface area is 197 Å². The number of hydrogen-bond donors (Lipinski definition) is 1. The fraction of sp³-hybridized carbons (Fsp3) is 0.407. The second-order valence-corrected chi connectivity index (χ2v) is 9.26. The van der Waals surface area contributed by atoms with Crippen LogP contribution in [0.3, 0.4) is 0 Å². The minimum absolute atomic E-state index is 0.0903. The molecule has 34 heavy (non-hydrogen) atoms. The van der Waals surface area contributed by atoms with Crippen LogP contribution >= 0.6 is 0 Å². The lowest BCUT2D eigenvalue weighted by atomic mass is 9.59. The van der Waals surface area contributed by atoms with Gasteiger partial charge in [-0.1, -0.05) is 29.8 Å². The zero-order valence-electron chi connectivity index (χ0n) is 19.2. The smallest absolute Gasteiger partial charge is 0.233 e. The Kier molecular flexibility index (Phi) is 5.60. The van der Waals surface area contributed by atoms with Crippen molar-refractivity contribution in [2.45, 2.75) is 32.6 Å². The second-order valence-electron chi connectivity index (χ2n) is 9.26. The number of aliphatic hydroxyl groups excluding tert-OH is 1. The minimum Gasteiger partial charge on any atom is -0.491 e. The molecule has 176 valence electrons. The molecule has 1 aromatic carbocycles. The van der Waals surface area contributed by atoms with E-state index in [2.05, 4.69) is 0 Å². The summed E-state index contributed by atoms with van der Waals surface area (Å²) >= 11 is 0. The zero-order valence-corrected chi connectivity index (χ0v) is 19.2. The average molecular weight is 462 g/mol. The van der Waals surface area contributed by atoms with Gasteiger partial charge >= 0.3 is 0 Å². The fourth-order valence-electron chi connectivity index (χ4n) is 6.10. The molecular weight excluding hydrogens is 434 g/mol. The molecule has 0 radical (unpaired) electrons. The summed E-state index contributed by atoms with van der Waals surface area (Å²) in [5.74, 6) is -2.08. The number of Topliss-reactive ketones (excluding diaryl/α,β-unsaturated/α-hetero) is 1. The molecular formula is C27H27NO6. The minimum atomic E-state index is -0.553. The number of nitrogens with zero attached hydrogens (tertiary/aromatic N) is 1. The standard InChI is InChI=1S/C27H27NO6/c1-3-28-26(32)17-9-8-15-18(23(17)27(28)33)13-19-20(30)12-14(2)25(31)24(19)22(15)16-6-4-5-7-21(16)34-11-10-29/h4-8,12,17-18,22-23,29H,3,9-11,13H2,1-2H3. The molecule has 3 aliphatic carbocycles. The van der Waals surface area contributed by atoms with Crippen molar-refractivity contribution in [1.82, 2.24) is 4.90 Å². The van der Waals surface area contributed by atoms with Crippen LogP contribution in [0.15, 0.2) is 58.7 Å². The number of likely N-dealkylation sites (tertiary alicyclic amines) is 1. The summed E-state index contributed by atoms with van der Waals surface area (Å²) in [7, 11) is 0. The summed E-state index contributed by atoms with van der Waals surface area (Å²) in [5.41, 5.74) is 2.87. The van der Waals surface area contributed by atoms with Gasteiger partial charge < -0.3 is 9.84 Å². The van der Waals surface area contributed by atoms with E-state index in [1.54, 1.807) is 19.9 Å². The predicted molar refractivity (Wildman–Crippen MR) is 123 cm³/mol. The summed E-state index contributed by atoms with van der Waals surface area (Å²) in [6.07, 6.45) is 4.07. The molecule has 0 bridgehead atoms. The molecule has 1 heterocycles. The highest BCUT2D eigenvalue weighted by Gasteiger charge is 2.56. The largest absolute Gasteiger partial charge is 0.491 e. The summed E-state index contributed by atoms with van der Waals surface area (Å²) in [6, 6.07) is 7.30. The number of allylic oxidation sites excluding steroid dienone is 6. The Morgan fingerprint density at radius 3 is 2.59 bits per heavy atom. The van der Waals surface area contributed by atoms with Crippen molar-refractivity contribution in [2.24, 2.45) is 17.8 Å². The number of para-hydroxylation sites is 1. The normalized spacial score (nSPS) is 28.4. The maximum atomic E-state index is 13.4. The predicted octanol–water partition coefficient (Wildman–Crippen LogP) is 2.51. The van der Waals surface area contributed by atoms with Crippen LogP contribution in [0.1, 0.15) is 38.2 Å². The SMILES string of the molecule is CCN1C(=O)C2CC=C3C(c4ccccc4OCCO)C4=C(CC3C2C1=O)C(=O)C=C(C)C4=O. The zero-order chi connectivity index (χ0) is 24.1. The van der Waals surface area contributed by atoms with Crippen molar-refractivity contribution in [3.8, 4) is 5.75 Å². The molecule has 4 aliphatic rings. The topological polar surface area (TPSA) is 101 Å². The highest BCUT2D eigenvalue weighted by Crippen LogP contribution is 2.56. The first kappa shape index (κ1) is 22.5. The number of fused-ring (bicyclic) bond motifs is 3. The van der Waals surface area contributed by atoms with E-state index >= 15 is 0 Å². The number of carbonyl (C=O) groups excluding carboxylic acids is 4. The van der Waals surface area contributed by atoms with Crippen molar-refractivity contribution in [3.63, 3.8) is 0 Å². The Balaban J connectivity index is 1.69. The number of ketones is 2. The van der Waals surface area contributed by atoms with E-state index in [4.69, 9.17) is 4.74 Å². The number of benzene rings is 1. The molecule has 2 amide bonds. The number of aliphatic hydroxyl groups is 1. The van der Waals surface area contributed by atoms with Crippen LogP contribution in [0.25, 0.3) is 0 Å². The lowest BCUT2D eigenvalue weighted by Crippen LogP contribution is -2.39. The fourth-order valence-corrected chi connectivity index (χ4v) is 6.10. The quantitative estimate of drug-likeness (QED) is 0.411. The summed E-state index contributed by atoms with van der Waals surface area (Å²) in [5, 5.41) is 9.29. The van der Waals surface area contributed by atoms with Gasteiger partial charge in [-0.15, -0.1) is 0 Å². The number of carbonyl (C=O) groups is 4. The van der Waals surface area contributed by atoms with Crippen LogP contribution in [0.2, 0.25) is 0 Å². The highest BCUT2D eigenvalue weighted by molar-refractivity contribution is 6.23. The molecule has 0 spiro atoms. The third kappa shape index (κ3) is 3.21. The van der Waals surface area contributed by atoms with Crippen molar-refractivity contribution >= 4 is 23.4 Å². The third-order valence-electron chi connectivity index (χ3n) is 7.55. The van der Waals surface area contributed by atoms with E-state index in [9.17, 15) is 24.3 Å². The molecule has 0 saturated carbocycles. The van der Waals surface area contributed by atoms with Crippen LogP contribution in [-0.4, -0.2) is 53.1 Å². The molecule has 7 nitrogen and oxygen atoms in total. The first-order chi connectivity index (χ1) is 16.4. The Morgan fingerprint density at radius 2 is 1.85 bits per heavy atom. The van der Waals surface area contributed by atoms with Gasteiger partial charge in [0.25, 0.3) is 0 Å². The van der Waals surface area contributed by atoms with Crippen molar-refractivity contribution in [3.05, 3.63) is 64.3 Å². The number of amides is 2. The van der Waals surface area contributed by atoms with E-state index in [1.165, 1.54) is 11.0 Å². The van der Waals surface area contributed by atoms with Crippen LogP contribution in [-0.2, 0) is 19.2 Å². The van der Waals surface area contributed by atoms with Crippen molar-refractivity contribution < 1.29 is 29.0 Å². The van der Waals surface area contributed by atoms with Gasteiger partial charge in [0.15, 0.2) is 11.6 Å². The van der Waals surface area contributed by atoms with Gasteiger partial charge in [0.2, 0.25) is 11.8 Å². The molecule has 4 atom stereocenters. The average Bonchev–Trinajstić information content (AvgIpc) is 3.09. The van der Waals surface area contributed by atoms with Crippen LogP contribution in [0.5, 0.6) is 5.75 Å². The molecule has 4 unspecified atom stereocenters. The molecule has 1 aliphatic heterocycles. The molecule has 1 fully saturated rings. The van der Waals surface area contributed by atoms with Crippen molar-refractivity contribution in [2.75, 3.05) is 19.8 Å². The molecule has 1 aromatic rings. The van der Waals surface area contributed by atoms with Crippen LogP contribution in [0.4, 0.5) is 0 Å². The monoisotopic (exact) mass is 461 g/mol. The maximum absolute atomic E-state index is 13.4. The third-order valence-corrected chi connectivity index (χ3v) is 7.55. The Hall–Kier alpha value is -3.32. The summed E-state index contributed by atoms with van der Waals surface area (Å²) in [4.78, 5) is 54.1. The van der Waals surface area contributed by atoms with Gasteiger partial charge in [-0.3, -0.25) is 24.1 Å². The van der Waals surface area contributed by atoms with E-state index in [0.29, 0.717) is 35.4 Å². The Morgan fingerprint density at radius 1 is 1.09 bits per heavy atom. The van der Waals surface area contributed by atoms with E-state index in [-0.39, 0.29) is 48.9 Å². The van der Waals surface area contributed by atoms with E-state index < -0.39 is 17.8 Å². The first-order valence-corrected chi connectivity index (χ1v) is 11.8. The highest BCUT2D eigenvalue weighted by atomic mass is 16.5.